The summed E-state index contributed by atoms with van der Waals surface area (Å²) in [5, 5.41) is 9.44. The van der Waals surface area contributed by atoms with Crippen molar-refractivity contribution in [2.24, 2.45) is 0 Å². The second-order valence-corrected chi connectivity index (χ2v) is 6.14. The Hall–Kier alpha value is -1.75. The van der Waals surface area contributed by atoms with E-state index in [4.69, 9.17) is 11.6 Å². The van der Waals surface area contributed by atoms with Gasteiger partial charge in [0, 0.05) is 30.6 Å². The van der Waals surface area contributed by atoms with E-state index in [1.54, 1.807) is 12.1 Å². The van der Waals surface area contributed by atoms with Crippen LogP contribution >= 0.6 is 11.6 Å². The molecular formula is C16H22ClN3O2. The molecule has 0 spiro atoms. The number of carbonyl (C=O) groups is 2. The molecule has 1 saturated carbocycles. The summed E-state index contributed by atoms with van der Waals surface area (Å²) < 4.78 is 0. The molecule has 120 valence electrons. The summed E-state index contributed by atoms with van der Waals surface area (Å²) >= 11 is 5.82. The van der Waals surface area contributed by atoms with Gasteiger partial charge < -0.3 is 16.0 Å². The van der Waals surface area contributed by atoms with Crippen LogP contribution in [0.3, 0.4) is 0 Å². The first-order valence-corrected chi connectivity index (χ1v) is 7.96. The fourth-order valence-electron chi connectivity index (χ4n) is 2.69. The molecule has 1 fully saturated rings. The Balaban J connectivity index is 1.67. The van der Waals surface area contributed by atoms with Crippen LogP contribution < -0.4 is 16.0 Å². The molecule has 1 aromatic rings. The number of hydrogen-bond acceptors (Lipinski definition) is 2. The fourth-order valence-corrected chi connectivity index (χ4v) is 2.82. The number of hydrogen-bond donors (Lipinski definition) is 3. The summed E-state index contributed by atoms with van der Waals surface area (Å²) in [5.74, 6) is 0.0112. The molecule has 0 radical (unpaired) electrons. The van der Waals surface area contributed by atoms with E-state index >= 15 is 0 Å². The molecule has 0 aromatic heterocycles. The van der Waals surface area contributed by atoms with E-state index in [1.165, 1.54) is 6.92 Å². The van der Waals surface area contributed by atoms with Crippen molar-refractivity contribution in [3.05, 3.63) is 34.9 Å². The van der Waals surface area contributed by atoms with Crippen LogP contribution in [0.4, 0.5) is 4.79 Å². The Bertz CT molecular complexity index is 511. The summed E-state index contributed by atoms with van der Waals surface area (Å²) in [5.41, 5.74) is 1.01. The third-order valence-electron chi connectivity index (χ3n) is 3.84. The van der Waals surface area contributed by atoms with Crippen molar-refractivity contribution in [1.29, 1.82) is 0 Å². The van der Waals surface area contributed by atoms with Crippen LogP contribution in [0, 0.1) is 0 Å². The van der Waals surface area contributed by atoms with Gasteiger partial charge in [-0.25, -0.2) is 4.79 Å². The van der Waals surface area contributed by atoms with Crippen LogP contribution in [-0.2, 0) is 11.3 Å². The minimum atomic E-state index is -0.155. The van der Waals surface area contributed by atoms with E-state index in [0.29, 0.717) is 11.6 Å². The predicted octanol–water partition coefficient (Wildman–Crippen LogP) is 2.59. The predicted molar refractivity (Wildman–Crippen MR) is 86.7 cm³/mol. The maximum absolute atomic E-state index is 11.9. The van der Waals surface area contributed by atoms with Crippen molar-refractivity contribution >= 4 is 23.5 Å². The maximum atomic E-state index is 11.9. The van der Waals surface area contributed by atoms with Gasteiger partial charge in [-0.15, -0.1) is 0 Å². The summed E-state index contributed by atoms with van der Waals surface area (Å²) in [6.07, 6.45) is 3.59. The normalized spacial score (nSPS) is 21.0. The van der Waals surface area contributed by atoms with E-state index in [0.717, 1.165) is 31.2 Å². The van der Waals surface area contributed by atoms with Crippen molar-refractivity contribution in [2.45, 2.75) is 51.2 Å². The van der Waals surface area contributed by atoms with E-state index in [2.05, 4.69) is 16.0 Å². The Kier molecular flexibility index (Phi) is 6.07. The average Bonchev–Trinajstić information content (AvgIpc) is 2.48. The fraction of sp³-hybridized carbons (Fsp3) is 0.500. The molecule has 5 nitrogen and oxygen atoms in total. The minimum Gasteiger partial charge on any atom is -0.354 e. The molecule has 0 aliphatic heterocycles. The zero-order valence-corrected chi connectivity index (χ0v) is 13.5. The Labute approximate surface area is 135 Å². The molecule has 0 bridgehead atoms. The highest BCUT2D eigenvalue weighted by atomic mass is 35.5. The second-order valence-electron chi connectivity index (χ2n) is 5.70. The van der Waals surface area contributed by atoms with Gasteiger partial charge in [0.1, 0.15) is 0 Å². The summed E-state index contributed by atoms with van der Waals surface area (Å²) in [4.78, 5) is 22.9. The number of carbonyl (C=O) groups excluding carboxylic acids is 2. The third kappa shape index (κ3) is 5.56. The summed E-state index contributed by atoms with van der Waals surface area (Å²) in [7, 11) is 0. The van der Waals surface area contributed by atoms with Crippen molar-refractivity contribution in [1.82, 2.24) is 16.0 Å². The molecule has 22 heavy (non-hydrogen) atoms. The van der Waals surface area contributed by atoms with Crippen molar-refractivity contribution in [3.63, 3.8) is 0 Å². The van der Waals surface area contributed by atoms with Crippen LogP contribution in [0.5, 0.6) is 0 Å². The molecular weight excluding hydrogens is 302 g/mol. The number of nitrogens with one attached hydrogen (secondary N) is 3. The lowest BCUT2D eigenvalue weighted by Crippen LogP contribution is -2.46. The topological polar surface area (TPSA) is 70.2 Å². The minimum absolute atomic E-state index is 0.0112. The molecule has 3 amide bonds. The van der Waals surface area contributed by atoms with Gasteiger partial charge in [0.15, 0.2) is 0 Å². The molecule has 0 saturated heterocycles. The van der Waals surface area contributed by atoms with Crippen molar-refractivity contribution in [3.8, 4) is 0 Å². The van der Waals surface area contributed by atoms with Crippen LogP contribution in [0.25, 0.3) is 0 Å². The SMILES string of the molecule is CC(=O)NC1CCC(NC(=O)NCc2ccc(Cl)cc2)CC1. The standard InChI is InChI=1S/C16H22ClN3O2/c1-11(21)19-14-6-8-15(9-7-14)20-16(22)18-10-12-2-4-13(17)5-3-12/h2-5,14-15H,6-10H2,1H3,(H,19,21)(H2,18,20,22). The van der Waals surface area contributed by atoms with Gasteiger partial charge in [0.25, 0.3) is 0 Å². The van der Waals surface area contributed by atoms with Gasteiger partial charge in [-0.1, -0.05) is 23.7 Å². The number of amides is 3. The molecule has 3 N–H and O–H groups in total. The average molecular weight is 324 g/mol. The summed E-state index contributed by atoms with van der Waals surface area (Å²) in [6.45, 7) is 2.01. The van der Waals surface area contributed by atoms with Gasteiger partial charge >= 0.3 is 6.03 Å². The zero-order valence-electron chi connectivity index (χ0n) is 12.7. The molecule has 0 heterocycles. The van der Waals surface area contributed by atoms with Crippen LogP contribution in [0.15, 0.2) is 24.3 Å². The largest absolute Gasteiger partial charge is 0.354 e. The first kappa shape index (κ1) is 16.6. The third-order valence-corrected chi connectivity index (χ3v) is 4.09. The molecule has 1 aromatic carbocycles. The van der Waals surface area contributed by atoms with Gasteiger partial charge in [0.05, 0.1) is 0 Å². The molecule has 2 rings (SSSR count). The van der Waals surface area contributed by atoms with E-state index in [9.17, 15) is 9.59 Å². The number of rotatable bonds is 4. The van der Waals surface area contributed by atoms with Gasteiger partial charge in [-0.2, -0.15) is 0 Å². The first-order valence-electron chi connectivity index (χ1n) is 7.59. The van der Waals surface area contributed by atoms with Crippen LogP contribution in [-0.4, -0.2) is 24.0 Å². The first-order chi connectivity index (χ1) is 10.5. The van der Waals surface area contributed by atoms with Crippen molar-refractivity contribution in [2.75, 3.05) is 0 Å². The zero-order chi connectivity index (χ0) is 15.9. The highest BCUT2D eigenvalue weighted by molar-refractivity contribution is 6.30. The van der Waals surface area contributed by atoms with Gasteiger partial charge in [-0.05, 0) is 43.4 Å². The van der Waals surface area contributed by atoms with E-state index in [1.807, 2.05) is 12.1 Å². The lowest BCUT2D eigenvalue weighted by molar-refractivity contribution is -0.119. The molecule has 1 aliphatic carbocycles. The Morgan fingerprint density at radius 2 is 1.59 bits per heavy atom. The highest BCUT2D eigenvalue weighted by Crippen LogP contribution is 2.18. The van der Waals surface area contributed by atoms with Crippen molar-refractivity contribution < 1.29 is 9.59 Å². The number of halogens is 1. The lowest BCUT2D eigenvalue weighted by Gasteiger charge is -2.29. The Morgan fingerprint density at radius 3 is 2.14 bits per heavy atom. The Morgan fingerprint density at radius 1 is 1.05 bits per heavy atom. The molecule has 1 aliphatic rings. The second kappa shape index (κ2) is 8.03. The molecule has 0 unspecified atom stereocenters. The highest BCUT2D eigenvalue weighted by Gasteiger charge is 2.22. The molecule has 6 heteroatoms. The summed E-state index contributed by atoms with van der Waals surface area (Å²) in [6, 6.07) is 7.66. The maximum Gasteiger partial charge on any atom is 0.315 e. The monoisotopic (exact) mass is 323 g/mol. The van der Waals surface area contributed by atoms with E-state index in [-0.39, 0.29) is 24.0 Å². The quantitative estimate of drug-likeness (QED) is 0.797. The number of urea groups is 1. The number of benzene rings is 1. The molecule has 0 atom stereocenters. The van der Waals surface area contributed by atoms with E-state index < -0.39 is 0 Å². The van der Waals surface area contributed by atoms with Crippen LogP contribution in [0.2, 0.25) is 5.02 Å². The lowest BCUT2D eigenvalue weighted by atomic mass is 9.91. The van der Waals surface area contributed by atoms with Crippen LogP contribution in [0.1, 0.15) is 38.2 Å². The smallest absolute Gasteiger partial charge is 0.315 e. The van der Waals surface area contributed by atoms with Gasteiger partial charge in [0.2, 0.25) is 5.91 Å². The van der Waals surface area contributed by atoms with Gasteiger partial charge in [-0.3, -0.25) is 4.79 Å².